The van der Waals surface area contributed by atoms with Gasteiger partial charge in [-0.3, -0.25) is 4.79 Å². The number of methoxy groups -OCH3 is 1. The van der Waals surface area contributed by atoms with Crippen LogP contribution in [0.5, 0.6) is 0 Å². The first-order chi connectivity index (χ1) is 7.17. The van der Waals surface area contributed by atoms with E-state index in [0.717, 1.165) is 0 Å². The number of hydrogen-bond acceptors (Lipinski definition) is 4. The molecule has 16 heavy (non-hydrogen) atoms. The molecule has 1 atom stereocenters. The molecule has 0 spiro atoms. The second-order valence-electron chi connectivity index (χ2n) is 3.31. The normalized spacial score (nSPS) is 11.7. The van der Waals surface area contributed by atoms with E-state index in [1.54, 1.807) is 19.2 Å². The molecule has 1 aromatic heterocycles. The maximum Gasteiger partial charge on any atom is 0.287 e. The van der Waals surface area contributed by atoms with Gasteiger partial charge < -0.3 is 20.2 Å². The smallest absolute Gasteiger partial charge is 0.287 e. The zero-order chi connectivity index (χ0) is 11.3. The lowest BCUT2D eigenvalue weighted by molar-refractivity contribution is 0.0904. The van der Waals surface area contributed by atoms with Crippen LogP contribution in [-0.4, -0.2) is 25.6 Å². The Kier molecular flexibility index (Phi) is 6.80. The highest BCUT2D eigenvalue weighted by molar-refractivity contribution is 5.91. The number of ether oxygens (including phenoxy) is 1. The predicted octanol–water partition coefficient (Wildman–Crippen LogP) is 0.925. The number of furan rings is 1. The monoisotopic (exact) mass is 248 g/mol. The molecular formula is C10H17ClN2O3. The van der Waals surface area contributed by atoms with E-state index in [2.05, 4.69) is 5.32 Å². The van der Waals surface area contributed by atoms with E-state index in [9.17, 15) is 4.79 Å². The van der Waals surface area contributed by atoms with Crippen molar-refractivity contribution in [3.05, 3.63) is 23.7 Å². The zero-order valence-electron chi connectivity index (χ0n) is 9.36. The van der Waals surface area contributed by atoms with Gasteiger partial charge in [-0.1, -0.05) is 0 Å². The highest BCUT2D eigenvalue weighted by Crippen LogP contribution is 2.08. The highest BCUT2D eigenvalue weighted by atomic mass is 35.5. The Morgan fingerprint density at radius 1 is 1.62 bits per heavy atom. The van der Waals surface area contributed by atoms with Crippen LogP contribution in [-0.2, 0) is 11.3 Å². The van der Waals surface area contributed by atoms with Crippen molar-refractivity contribution in [3.63, 3.8) is 0 Å². The van der Waals surface area contributed by atoms with Crippen LogP contribution in [0.2, 0.25) is 0 Å². The third-order valence-corrected chi connectivity index (χ3v) is 1.90. The fraction of sp³-hybridized carbons (Fsp3) is 0.500. The number of halogens is 1. The fourth-order valence-corrected chi connectivity index (χ4v) is 1.07. The zero-order valence-corrected chi connectivity index (χ0v) is 10.2. The summed E-state index contributed by atoms with van der Waals surface area (Å²) in [5, 5.41) is 2.70. The largest absolute Gasteiger partial charge is 0.453 e. The van der Waals surface area contributed by atoms with Crippen LogP contribution in [0.15, 0.2) is 16.5 Å². The summed E-state index contributed by atoms with van der Waals surface area (Å²) in [5.41, 5.74) is 5.39. The molecule has 92 valence electrons. The minimum atomic E-state index is -0.254. The molecule has 0 aliphatic heterocycles. The van der Waals surface area contributed by atoms with Gasteiger partial charge in [0.1, 0.15) is 12.4 Å². The molecule has 1 rings (SSSR count). The Labute approximate surface area is 101 Å². The van der Waals surface area contributed by atoms with Crippen LogP contribution in [0.25, 0.3) is 0 Å². The molecule has 0 aliphatic carbocycles. The van der Waals surface area contributed by atoms with Crippen molar-refractivity contribution in [3.8, 4) is 0 Å². The maximum absolute atomic E-state index is 11.5. The van der Waals surface area contributed by atoms with E-state index in [-0.39, 0.29) is 30.1 Å². The standard InChI is InChI=1S/C10H16N2O3.ClH/c1-7(5-11)12-10(13)9-4-3-8(15-9)6-14-2;/h3-4,7H,5-6,11H2,1-2H3,(H,12,13);1H/t7-;/m0./s1. The van der Waals surface area contributed by atoms with Gasteiger partial charge in [-0.25, -0.2) is 0 Å². The molecule has 1 amide bonds. The van der Waals surface area contributed by atoms with Crippen LogP contribution in [0.1, 0.15) is 23.2 Å². The molecule has 0 saturated carbocycles. The van der Waals surface area contributed by atoms with Gasteiger partial charge in [-0.15, -0.1) is 12.4 Å². The molecule has 0 unspecified atom stereocenters. The molecule has 0 radical (unpaired) electrons. The van der Waals surface area contributed by atoms with Crippen molar-refractivity contribution in [1.29, 1.82) is 0 Å². The van der Waals surface area contributed by atoms with Gasteiger partial charge in [0.25, 0.3) is 5.91 Å². The first kappa shape index (κ1) is 15.0. The molecule has 0 fully saturated rings. The van der Waals surface area contributed by atoms with Crippen LogP contribution in [0, 0.1) is 0 Å². The lowest BCUT2D eigenvalue weighted by Crippen LogP contribution is -2.37. The van der Waals surface area contributed by atoms with Gasteiger partial charge in [0.05, 0.1) is 0 Å². The Bertz CT molecular complexity index is 328. The van der Waals surface area contributed by atoms with Crippen molar-refractivity contribution < 1.29 is 13.9 Å². The Balaban J connectivity index is 0.00000225. The average Bonchev–Trinajstić information content (AvgIpc) is 2.67. The summed E-state index contributed by atoms with van der Waals surface area (Å²) in [6.45, 7) is 2.59. The van der Waals surface area contributed by atoms with Gasteiger partial charge in [-0.2, -0.15) is 0 Å². The molecule has 0 saturated heterocycles. The summed E-state index contributed by atoms with van der Waals surface area (Å²) < 4.78 is 10.1. The molecule has 0 bridgehead atoms. The van der Waals surface area contributed by atoms with Crippen LogP contribution in [0.4, 0.5) is 0 Å². The number of rotatable bonds is 5. The maximum atomic E-state index is 11.5. The molecular weight excluding hydrogens is 232 g/mol. The van der Waals surface area contributed by atoms with E-state index in [1.165, 1.54) is 0 Å². The highest BCUT2D eigenvalue weighted by Gasteiger charge is 2.12. The van der Waals surface area contributed by atoms with Crippen molar-refractivity contribution in [2.45, 2.75) is 19.6 Å². The van der Waals surface area contributed by atoms with Gasteiger partial charge in [0, 0.05) is 19.7 Å². The summed E-state index contributed by atoms with van der Waals surface area (Å²) in [7, 11) is 1.57. The number of amides is 1. The number of nitrogens with two attached hydrogens (primary N) is 1. The lowest BCUT2D eigenvalue weighted by Gasteiger charge is -2.09. The molecule has 6 heteroatoms. The summed E-state index contributed by atoms with van der Waals surface area (Å²) in [6, 6.07) is 3.27. The lowest BCUT2D eigenvalue weighted by atomic mass is 10.3. The van der Waals surface area contributed by atoms with Gasteiger partial charge in [0.2, 0.25) is 0 Å². The number of nitrogens with one attached hydrogen (secondary N) is 1. The summed E-state index contributed by atoms with van der Waals surface area (Å²) in [6.07, 6.45) is 0. The first-order valence-electron chi connectivity index (χ1n) is 4.76. The quantitative estimate of drug-likeness (QED) is 0.813. The fourth-order valence-electron chi connectivity index (χ4n) is 1.07. The molecule has 1 heterocycles. The van der Waals surface area contributed by atoms with Crippen molar-refractivity contribution in [2.75, 3.05) is 13.7 Å². The van der Waals surface area contributed by atoms with E-state index in [4.69, 9.17) is 14.9 Å². The summed E-state index contributed by atoms with van der Waals surface area (Å²) >= 11 is 0. The Morgan fingerprint density at radius 3 is 2.88 bits per heavy atom. The summed E-state index contributed by atoms with van der Waals surface area (Å²) in [5.74, 6) is 0.653. The van der Waals surface area contributed by atoms with E-state index in [1.807, 2.05) is 6.92 Å². The third-order valence-electron chi connectivity index (χ3n) is 1.90. The molecule has 3 N–H and O–H groups in total. The van der Waals surface area contributed by atoms with Crippen molar-refractivity contribution >= 4 is 18.3 Å². The molecule has 1 aromatic rings. The molecule has 0 aliphatic rings. The first-order valence-corrected chi connectivity index (χ1v) is 4.76. The van der Waals surface area contributed by atoms with Crippen LogP contribution in [0.3, 0.4) is 0 Å². The van der Waals surface area contributed by atoms with E-state index >= 15 is 0 Å². The Morgan fingerprint density at radius 2 is 2.31 bits per heavy atom. The third kappa shape index (κ3) is 4.22. The molecule has 5 nitrogen and oxygen atoms in total. The number of carbonyl (C=O) groups excluding carboxylic acids is 1. The number of carbonyl (C=O) groups is 1. The minimum absolute atomic E-state index is 0. The van der Waals surface area contributed by atoms with E-state index < -0.39 is 0 Å². The topological polar surface area (TPSA) is 77.5 Å². The minimum Gasteiger partial charge on any atom is -0.453 e. The van der Waals surface area contributed by atoms with Crippen molar-refractivity contribution in [2.24, 2.45) is 5.73 Å². The van der Waals surface area contributed by atoms with Crippen LogP contribution >= 0.6 is 12.4 Å². The summed E-state index contributed by atoms with van der Waals surface area (Å²) in [4.78, 5) is 11.5. The van der Waals surface area contributed by atoms with E-state index in [0.29, 0.717) is 18.9 Å². The predicted molar refractivity (Wildman–Crippen MR) is 62.7 cm³/mol. The molecule has 0 aromatic carbocycles. The second-order valence-corrected chi connectivity index (χ2v) is 3.31. The SMILES string of the molecule is COCc1ccc(C(=O)N[C@@H](C)CN)o1.Cl. The Hall–Kier alpha value is -1.04. The number of hydrogen-bond donors (Lipinski definition) is 2. The van der Waals surface area contributed by atoms with Crippen molar-refractivity contribution in [1.82, 2.24) is 5.32 Å². The average molecular weight is 249 g/mol. The van der Waals surface area contributed by atoms with Gasteiger partial charge in [0.15, 0.2) is 5.76 Å². The second kappa shape index (κ2) is 7.27. The van der Waals surface area contributed by atoms with Crippen LogP contribution < -0.4 is 11.1 Å². The van der Waals surface area contributed by atoms with Gasteiger partial charge >= 0.3 is 0 Å². The van der Waals surface area contributed by atoms with Gasteiger partial charge in [-0.05, 0) is 19.1 Å².